The van der Waals surface area contributed by atoms with Gasteiger partial charge in [-0.1, -0.05) is 12.2 Å². The second kappa shape index (κ2) is 6.43. The van der Waals surface area contributed by atoms with Crippen LogP contribution in [0.25, 0.3) is 0 Å². The Morgan fingerprint density at radius 3 is 2.33 bits per heavy atom. The van der Waals surface area contributed by atoms with Gasteiger partial charge in [0.2, 0.25) is 5.60 Å². The molecule has 5 nitrogen and oxygen atoms in total. The molecule has 0 spiro atoms. The molecular formula is C16H18O5. The van der Waals surface area contributed by atoms with Crippen LogP contribution < -0.4 is 4.74 Å². The summed E-state index contributed by atoms with van der Waals surface area (Å²) in [6.45, 7) is 0. The molecule has 112 valence electrons. The van der Waals surface area contributed by atoms with Crippen LogP contribution in [0.4, 0.5) is 0 Å². The first kappa shape index (κ1) is 15.1. The van der Waals surface area contributed by atoms with Crippen LogP contribution in [0.1, 0.15) is 29.6 Å². The lowest BCUT2D eigenvalue weighted by atomic mass is 9.89. The van der Waals surface area contributed by atoms with Gasteiger partial charge in [0.05, 0.1) is 19.8 Å². The minimum atomic E-state index is -1.22. The Balaban J connectivity index is 2.17. The SMILES string of the molecule is COC(=O)C1(OC(=O)c2ccc(OC)cc2)CC=CCC1. The van der Waals surface area contributed by atoms with Crippen molar-refractivity contribution in [1.29, 1.82) is 0 Å². The fourth-order valence-corrected chi connectivity index (χ4v) is 2.28. The van der Waals surface area contributed by atoms with Crippen molar-refractivity contribution in [3.05, 3.63) is 42.0 Å². The maximum Gasteiger partial charge on any atom is 0.350 e. The Bertz CT molecular complexity index is 546. The molecule has 1 aromatic carbocycles. The summed E-state index contributed by atoms with van der Waals surface area (Å²) in [5.41, 5.74) is -0.853. The molecule has 1 aromatic rings. The molecule has 0 amide bonds. The van der Waals surface area contributed by atoms with Gasteiger partial charge in [-0.25, -0.2) is 9.59 Å². The van der Waals surface area contributed by atoms with Crippen molar-refractivity contribution in [2.45, 2.75) is 24.9 Å². The number of esters is 2. The van der Waals surface area contributed by atoms with Gasteiger partial charge in [0.15, 0.2) is 0 Å². The summed E-state index contributed by atoms with van der Waals surface area (Å²) in [6, 6.07) is 6.54. The van der Waals surface area contributed by atoms with E-state index in [0.29, 0.717) is 30.6 Å². The van der Waals surface area contributed by atoms with Crippen molar-refractivity contribution in [3.8, 4) is 5.75 Å². The molecule has 0 aliphatic heterocycles. The predicted octanol–water partition coefficient (Wildman–Crippen LogP) is 2.50. The smallest absolute Gasteiger partial charge is 0.350 e. The van der Waals surface area contributed by atoms with Crippen LogP contribution in [0, 0.1) is 0 Å². The topological polar surface area (TPSA) is 61.8 Å². The van der Waals surface area contributed by atoms with E-state index in [0.717, 1.165) is 0 Å². The van der Waals surface area contributed by atoms with Crippen molar-refractivity contribution >= 4 is 11.9 Å². The highest BCUT2D eigenvalue weighted by molar-refractivity contribution is 5.93. The Labute approximate surface area is 123 Å². The fraction of sp³-hybridized carbons (Fsp3) is 0.375. The molecule has 0 radical (unpaired) electrons. The van der Waals surface area contributed by atoms with E-state index in [1.54, 1.807) is 31.4 Å². The van der Waals surface area contributed by atoms with Gasteiger partial charge in [-0.3, -0.25) is 0 Å². The Morgan fingerprint density at radius 1 is 1.10 bits per heavy atom. The van der Waals surface area contributed by atoms with Gasteiger partial charge in [-0.2, -0.15) is 0 Å². The first-order valence-electron chi connectivity index (χ1n) is 6.72. The Hall–Kier alpha value is -2.30. The first-order valence-corrected chi connectivity index (χ1v) is 6.72. The monoisotopic (exact) mass is 290 g/mol. The highest BCUT2D eigenvalue weighted by Gasteiger charge is 2.43. The number of methoxy groups -OCH3 is 2. The summed E-state index contributed by atoms with van der Waals surface area (Å²) in [6.07, 6.45) is 5.23. The second-order valence-electron chi connectivity index (χ2n) is 4.82. The van der Waals surface area contributed by atoms with E-state index in [9.17, 15) is 9.59 Å². The lowest BCUT2D eigenvalue weighted by Gasteiger charge is -2.31. The molecule has 1 atom stereocenters. The van der Waals surface area contributed by atoms with Crippen LogP contribution >= 0.6 is 0 Å². The van der Waals surface area contributed by atoms with Crippen LogP contribution in [0.5, 0.6) is 5.75 Å². The van der Waals surface area contributed by atoms with E-state index in [4.69, 9.17) is 14.2 Å². The molecule has 0 heterocycles. The molecule has 2 rings (SSSR count). The third kappa shape index (κ3) is 3.24. The van der Waals surface area contributed by atoms with Gasteiger partial charge >= 0.3 is 11.9 Å². The van der Waals surface area contributed by atoms with Gasteiger partial charge in [-0.05, 0) is 30.7 Å². The molecule has 0 aromatic heterocycles. The van der Waals surface area contributed by atoms with E-state index >= 15 is 0 Å². The first-order chi connectivity index (χ1) is 10.1. The quantitative estimate of drug-likeness (QED) is 0.630. The molecule has 0 saturated heterocycles. The fourth-order valence-electron chi connectivity index (χ4n) is 2.28. The molecular weight excluding hydrogens is 272 g/mol. The summed E-state index contributed by atoms with van der Waals surface area (Å²) in [5, 5.41) is 0. The summed E-state index contributed by atoms with van der Waals surface area (Å²) in [5.74, 6) is -0.415. The van der Waals surface area contributed by atoms with Crippen LogP contribution in [0.2, 0.25) is 0 Å². The predicted molar refractivity (Wildman–Crippen MR) is 76.1 cm³/mol. The standard InChI is InChI=1S/C16H18O5/c1-19-13-8-6-12(7-9-13)14(17)21-16(15(18)20-2)10-4-3-5-11-16/h3-4,6-9H,5,10-11H2,1-2H3. The van der Waals surface area contributed by atoms with Gasteiger partial charge in [0.1, 0.15) is 5.75 Å². The number of benzene rings is 1. The summed E-state index contributed by atoms with van der Waals surface area (Å²) < 4.78 is 15.3. The summed E-state index contributed by atoms with van der Waals surface area (Å²) in [7, 11) is 2.84. The van der Waals surface area contributed by atoms with Gasteiger partial charge in [0, 0.05) is 12.8 Å². The Kier molecular flexibility index (Phi) is 4.62. The molecule has 0 fully saturated rings. The Morgan fingerprint density at radius 2 is 1.81 bits per heavy atom. The van der Waals surface area contributed by atoms with E-state index < -0.39 is 17.5 Å². The number of rotatable bonds is 4. The number of allylic oxidation sites excluding steroid dienone is 1. The molecule has 1 unspecified atom stereocenters. The molecule has 1 aliphatic rings. The zero-order chi connectivity index (χ0) is 15.3. The largest absolute Gasteiger partial charge is 0.497 e. The highest BCUT2D eigenvalue weighted by Crippen LogP contribution is 2.30. The van der Waals surface area contributed by atoms with E-state index in [1.807, 2.05) is 12.2 Å². The van der Waals surface area contributed by atoms with Crippen molar-refractivity contribution in [1.82, 2.24) is 0 Å². The summed E-state index contributed by atoms with van der Waals surface area (Å²) >= 11 is 0. The molecule has 0 N–H and O–H groups in total. The molecule has 5 heteroatoms. The second-order valence-corrected chi connectivity index (χ2v) is 4.82. The van der Waals surface area contributed by atoms with Crippen molar-refractivity contribution in [2.75, 3.05) is 14.2 Å². The average Bonchev–Trinajstić information content (AvgIpc) is 2.55. The van der Waals surface area contributed by atoms with E-state index in [2.05, 4.69) is 0 Å². The maximum atomic E-state index is 12.2. The molecule has 1 aliphatic carbocycles. The van der Waals surface area contributed by atoms with Crippen LogP contribution in [0.3, 0.4) is 0 Å². The molecule has 21 heavy (non-hydrogen) atoms. The molecule has 0 bridgehead atoms. The lowest BCUT2D eigenvalue weighted by molar-refractivity contribution is -0.163. The zero-order valence-electron chi connectivity index (χ0n) is 12.1. The van der Waals surface area contributed by atoms with E-state index in [1.165, 1.54) is 7.11 Å². The van der Waals surface area contributed by atoms with Crippen LogP contribution in [-0.2, 0) is 14.3 Å². The number of carbonyl (C=O) groups is 2. The van der Waals surface area contributed by atoms with Gasteiger partial charge < -0.3 is 14.2 Å². The number of hydrogen-bond acceptors (Lipinski definition) is 5. The normalized spacial score (nSPS) is 20.7. The average molecular weight is 290 g/mol. The number of hydrogen-bond donors (Lipinski definition) is 0. The minimum Gasteiger partial charge on any atom is -0.497 e. The van der Waals surface area contributed by atoms with E-state index in [-0.39, 0.29) is 0 Å². The third-order valence-electron chi connectivity index (χ3n) is 3.50. The number of ether oxygens (including phenoxy) is 3. The maximum absolute atomic E-state index is 12.2. The third-order valence-corrected chi connectivity index (χ3v) is 3.50. The summed E-state index contributed by atoms with van der Waals surface area (Å²) in [4.78, 5) is 24.2. The highest BCUT2D eigenvalue weighted by atomic mass is 16.6. The molecule has 0 saturated carbocycles. The van der Waals surface area contributed by atoms with Crippen molar-refractivity contribution in [3.63, 3.8) is 0 Å². The zero-order valence-corrected chi connectivity index (χ0v) is 12.1. The number of carbonyl (C=O) groups excluding carboxylic acids is 2. The van der Waals surface area contributed by atoms with Gasteiger partial charge in [-0.15, -0.1) is 0 Å². The van der Waals surface area contributed by atoms with Crippen LogP contribution in [0.15, 0.2) is 36.4 Å². The van der Waals surface area contributed by atoms with Crippen LogP contribution in [-0.4, -0.2) is 31.8 Å². The lowest BCUT2D eigenvalue weighted by Crippen LogP contribution is -2.44. The van der Waals surface area contributed by atoms with Gasteiger partial charge in [0.25, 0.3) is 0 Å². The van der Waals surface area contributed by atoms with Crippen molar-refractivity contribution in [2.24, 2.45) is 0 Å². The minimum absolute atomic E-state index is 0.335. The van der Waals surface area contributed by atoms with Crippen molar-refractivity contribution < 1.29 is 23.8 Å².